The van der Waals surface area contributed by atoms with Crippen LogP contribution in [0.4, 0.5) is 4.79 Å². The van der Waals surface area contributed by atoms with E-state index in [0.29, 0.717) is 6.54 Å². The average Bonchev–Trinajstić information content (AvgIpc) is 2.02. The van der Waals surface area contributed by atoms with Crippen LogP contribution in [0.5, 0.6) is 0 Å². The van der Waals surface area contributed by atoms with Gasteiger partial charge in [-0.1, -0.05) is 13.3 Å². The van der Waals surface area contributed by atoms with E-state index in [1.165, 1.54) is 0 Å². The maximum absolute atomic E-state index is 11.6. The Kier molecular flexibility index (Phi) is 5.58. The lowest BCUT2D eigenvalue weighted by Crippen LogP contribution is -2.37. The van der Waals surface area contributed by atoms with Gasteiger partial charge in [0.15, 0.2) is 0 Å². The summed E-state index contributed by atoms with van der Waals surface area (Å²) in [5.41, 5.74) is -0.408. The van der Waals surface area contributed by atoms with E-state index in [4.69, 9.17) is 4.74 Å². The van der Waals surface area contributed by atoms with E-state index in [2.05, 4.69) is 6.92 Å². The van der Waals surface area contributed by atoms with Crippen LogP contribution in [0.2, 0.25) is 0 Å². The Bertz CT molecular complexity index is 173. The number of carbonyl (C=O) groups is 1. The number of hydrogen-bond acceptors (Lipinski definition) is 2. The molecule has 0 atom stereocenters. The van der Waals surface area contributed by atoms with Gasteiger partial charge in [0.2, 0.25) is 0 Å². The topological polar surface area (TPSA) is 29.5 Å². The van der Waals surface area contributed by atoms with E-state index in [0.717, 1.165) is 19.4 Å². The molecule has 0 unspecified atom stereocenters. The van der Waals surface area contributed by atoms with Crippen molar-refractivity contribution in [2.75, 3.05) is 13.1 Å². The number of amides is 1. The molecule has 0 aliphatic carbocycles. The molecule has 0 spiro atoms. The highest BCUT2D eigenvalue weighted by molar-refractivity contribution is 5.68. The van der Waals surface area contributed by atoms with Crippen molar-refractivity contribution in [1.82, 2.24) is 4.90 Å². The van der Waals surface area contributed by atoms with Crippen LogP contribution in [-0.2, 0) is 4.74 Å². The highest BCUT2D eigenvalue weighted by Crippen LogP contribution is 2.10. The Morgan fingerprint density at radius 3 is 2.36 bits per heavy atom. The van der Waals surface area contributed by atoms with Crippen LogP contribution in [0.3, 0.4) is 0 Å². The Balaban J connectivity index is 4.04. The molecule has 0 aromatic carbocycles. The van der Waals surface area contributed by atoms with Crippen molar-refractivity contribution in [3.63, 3.8) is 0 Å². The third kappa shape index (κ3) is 5.84. The summed E-state index contributed by atoms with van der Waals surface area (Å²) >= 11 is 0. The zero-order valence-corrected chi connectivity index (χ0v) is 9.80. The first-order valence-electron chi connectivity index (χ1n) is 5.18. The quantitative estimate of drug-likeness (QED) is 0.698. The molecule has 0 aromatic heterocycles. The van der Waals surface area contributed by atoms with Gasteiger partial charge in [0, 0.05) is 13.1 Å². The van der Waals surface area contributed by atoms with E-state index in [-0.39, 0.29) is 6.09 Å². The Labute approximate surface area is 87.4 Å². The molecule has 14 heavy (non-hydrogen) atoms. The molecule has 0 rings (SSSR count). The minimum atomic E-state index is -0.408. The summed E-state index contributed by atoms with van der Waals surface area (Å²) in [5.74, 6) is 0. The van der Waals surface area contributed by atoms with Gasteiger partial charge in [0.25, 0.3) is 0 Å². The molecule has 0 saturated heterocycles. The summed E-state index contributed by atoms with van der Waals surface area (Å²) in [5, 5.41) is 0. The molecule has 1 radical (unpaired) electrons. The average molecular weight is 200 g/mol. The van der Waals surface area contributed by atoms with Crippen LogP contribution >= 0.6 is 0 Å². The molecule has 3 heteroatoms. The van der Waals surface area contributed by atoms with E-state index < -0.39 is 5.60 Å². The normalized spacial score (nSPS) is 11.2. The molecule has 83 valence electrons. The molecule has 0 N–H and O–H groups in total. The van der Waals surface area contributed by atoms with Gasteiger partial charge in [0.1, 0.15) is 5.60 Å². The summed E-state index contributed by atoms with van der Waals surface area (Å²) in [6, 6.07) is 0. The summed E-state index contributed by atoms with van der Waals surface area (Å²) < 4.78 is 5.25. The first kappa shape index (κ1) is 13.3. The third-order valence-electron chi connectivity index (χ3n) is 1.71. The molecule has 3 nitrogen and oxygen atoms in total. The molecule has 1 amide bonds. The van der Waals surface area contributed by atoms with Crippen LogP contribution in [0.25, 0.3) is 0 Å². The first-order chi connectivity index (χ1) is 6.40. The first-order valence-corrected chi connectivity index (χ1v) is 5.18. The van der Waals surface area contributed by atoms with Gasteiger partial charge < -0.3 is 9.64 Å². The minimum absolute atomic E-state index is 0.228. The second-order valence-electron chi connectivity index (χ2n) is 4.27. The van der Waals surface area contributed by atoms with Gasteiger partial charge in [-0.25, -0.2) is 4.79 Å². The van der Waals surface area contributed by atoms with Crippen molar-refractivity contribution >= 4 is 6.09 Å². The fraction of sp³-hybridized carbons (Fsp3) is 0.818. The van der Waals surface area contributed by atoms with Gasteiger partial charge in [-0.2, -0.15) is 0 Å². The van der Waals surface area contributed by atoms with E-state index in [1.807, 2.05) is 27.7 Å². The molecule has 0 aliphatic heterocycles. The largest absolute Gasteiger partial charge is 0.444 e. The molecule has 0 aromatic rings. The zero-order valence-electron chi connectivity index (χ0n) is 9.80. The molecular formula is C11H22NO2. The molecule has 0 fully saturated rings. The number of hydrogen-bond donors (Lipinski definition) is 0. The van der Waals surface area contributed by atoms with Crippen LogP contribution in [0.1, 0.15) is 40.5 Å². The Morgan fingerprint density at radius 2 is 2.00 bits per heavy atom. The lowest BCUT2D eigenvalue weighted by molar-refractivity contribution is 0.0258. The Morgan fingerprint density at radius 1 is 1.43 bits per heavy atom. The predicted octanol–water partition coefficient (Wildman–Crippen LogP) is 2.86. The maximum Gasteiger partial charge on any atom is 0.410 e. The number of carbonyl (C=O) groups excluding carboxylic acids is 1. The molecule has 0 heterocycles. The van der Waals surface area contributed by atoms with Gasteiger partial charge in [-0.05, 0) is 34.1 Å². The molecule has 0 bridgehead atoms. The summed E-state index contributed by atoms with van der Waals surface area (Å²) in [6.07, 6.45) is 1.54. The van der Waals surface area contributed by atoms with Crippen LogP contribution in [-0.4, -0.2) is 29.7 Å². The van der Waals surface area contributed by atoms with Crippen molar-refractivity contribution in [2.24, 2.45) is 0 Å². The third-order valence-corrected chi connectivity index (χ3v) is 1.71. The summed E-state index contributed by atoms with van der Waals surface area (Å²) in [4.78, 5) is 13.3. The Hall–Kier alpha value is -0.730. The van der Waals surface area contributed by atoms with Crippen molar-refractivity contribution < 1.29 is 9.53 Å². The second kappa shape index (κ2) is 5.89. The fourth-order valence-corrected chi connectivity index (χ4v) is 1.01. The number of unbranched alkanes of at least 4 members (excludes halogenated alkanes) is 1. The highest BCUT2D eigenvalue weighted by Gasteiger charge is 2.20. The van der Waals surface area contributed by atoms with Crippen LogP contribution < -0.4 is 0 Å². The fourth-order valence-electron chi connectivity index (χ4n) is 1.01. The molecule has 0 saturated carbocycles. The summed E-state index contributed by atoms with van der Waals surface area (Å²) in [7, 11) is 0. The molecular weight excluding hydrogens is 178 g/mol. The number of ether oxygens (including phenoxy) is 1. The standard InChI is InChI=1S/C11H22NO2/c1-6-8-9-12(7-2)10(13)14-11(3,4)5/h1,6-9H2,2-5H3. The van der Waals surface area contributed by atoms with Crippen molar-refractivity contribution in [1.29, 1.82) is 0 Å². The van der Waals surface area contributed by atoms with Gasteiger partial charge >= 0.3 is 6.09 Å². The van der Waals surface area contributed by atoms with Gasteiger partial charge in [0.05, 0.1) is 0 Å². The minimum Gasteiger partial charge on any atom is -0.444 e. The molecule has 0 aliphatic rings. The SMILES string of the molecule is [CH2]CCCN(CC)C(=O)OC(C)(C)C. The van der Waals surface area contributed by atoms with E-state index in [9.17, 15) is 4.79 Å². The van der Waals surface area contributed by atoms with E-state index in [1.54, 1.807) is 4.90 Å². The monoisotopic (exact) mass is 200 g/mol. The zero-order chi connectivity index (χ0) is 11.2. The van der Waals surface area contributed by atoms with E-state index >= 15 is 0 Å². The second-order valence-corrected chi connectivity index (χ2v) is 4.27. The highest BCUT2D eigenvalue weighted by atomic mass is 16.6. The van der Waals surface area contributed by atoms with Gasteiger partial charge in [-0.15, -0.1) is 0 Å². The lowest BCUT2D eigenvalue weighted by Gasteiger charge is -2.26. The van der Waals surface area contributed by atoms with Crippen LogP contribution in [0.15, 0.2) is 0 Å². The predicted molar refractivity (Wildman–Crippen MR) is 58.1 cm³/mol. The van der Waals surface area contributed by atoms with Crippen molar-refractivity contribution in [2.45, 2.75) is 46.1 Å². The van der Waals surface area contributed by atoms with Crippen molar-refractivity contribution in [3.05, 3.63) is 6.92 Å². The van der Waals surface area contributed by atoms with Gasteiger partial charge in [-0.3, -0.25) is 0 Å². The summed E-state index contributed by atoms with van der Waals surface area (Å²) in [6.45, 7) is 12.7. The van der Waals surface area contributed by atoms with Crippen LogP contribution in [0, 0.1) is 6.92 Å². The van der Waals surface area contributed by atoms with Crippen molar-refractivity contribution in [3.8, 4) is 0 Å². The number of rotatable bonds is 4. The lowest BCUT2D eigenvalue weighted by atomic mass is 10.2. The maximum atomic E-state index is 11.6. The number of nitrogens with zero attached hydrogens (tertiary/aromatic N) is 1. The smallest absolute Gasteiger partial charge is 0.410 e.